The van der Waals surface area contributed by atoms with Gasteiger partial charge in [-0.15, -0.1) is 0 Å². The largest absolute Gasteiger partial charge is 0.507 e. The lowest BCUT2D eigenvalue weighted by molar-refractivity contribution is -0.134. The van der Waals surface area contributed by atoms with E-state index in [4.69, 9.17) is 0 Å². The highest BCUT2D eigenvalue weighted by Crippen LogP contribution is 2.44. The van der Waals surface area contributed by atoms with Gasteiger partial charge in [-0.1, -0.05) is 24.3 Å². The second-order valence-electron chi connectivity index (χ2n) is 14.1. The Morgan fingerprint density at radius 1 is 0.453 bits per heavy atom. The number of hydrogen-bond acceptors (Lipinski definition) is 13. The summed E-state index contributed by atoms with van der Waals surface area (Å²) >= 11 is 0. The number of rotatable bonds is 13. The average molecular weight is 875 g/mol. The van der Waals surface area contributed by atoms with Crippen molar-refractivity contribution in [1.29, 1.82) is 0 Å². The molecule has 0 heterocycles. The van der Waals surface area contributed by atoms with Crippen LogP contribution in [0.3, 0.4) is 0 Å². The molecule has 5 aromatic rings. The molecule has 5 aromatic carbocycles. The molecular formula is C45H30O19. The van der Waals surface area contributed by atoms with Crippen molar-refractivity contribution >= 4 is 47.2 Å². The van der Waals surface area contributed by atoms with Gasteiger partial charge in [0.05, 0.1) is 0 Å². The van der Waals surface area contributed by atoms with Gasteiger partial charge in [0.1, 0.15) is 67.7 Å². The molecule has 6 rings (SSSR count). The minimum absolute atomic E-state index is 0.0921. The summed E-state index contributed by atoms with van der Waals surface area (Å²) in [5, 5.41) is 126. The fourth-order valence-corrected chi connectivity index (χ4v) is 7.12. The van der Waals surface area contributed by atoms with Crippen LogP contribution in [-0.4, -0.2) is 103 Å². The molecule has 324 valence electrons. The van der Waals surface area contributed by atoms with E-state index in [-0.39, 0.29) is 22.3 Å². The van der Waals surface area contributed by atoms with Gasteiger partial charge in [-0.05, 0) is 123 Å². The molecule has 0 saturated heterocycles. The first-order valence-electron chi connectivity index (χ1n) is 18.1. The molecule has 64 heavy (non-hydrogen) atoms. The van der Waals surface area contributed by atoms with Gasteiger partial charge < -0.3 is 61.3 Å². The first-order valence-corrected chi connectivity index (χ1v) is 18.1. The number of carbonyl (C=O) groups is 7. The summed E-state index contributed by atoms with van der Waals surface area (Å²) in [6, 6.07) is 12.2. The van der Waals surface area contributed by atoms with Gasteiger partial charge in [0, 0.05) is 6.42 Å². The lowest BCUT2D eigenvalue weighted by atomic mass is 9.77. The summed E-state index contributed by atoms with van der Waals surface area (Å²) in [4.78, 5) is 86.1. The zero-order chi connectivity index (χ0) is 47.1. The molecule has 0 saturated carbocycles. The van der Waals surface area contributed by atoms with E-state index in [0.717, 1.165) is 91.0 Å². The summed E-state index contributed by atoms with van der Waals surface area (Å²) in [7, 11) is 0. The van der Waals surface area contributed by atoms with Crippen molar-refractivity contribution in [1.82, 2.24) is 0 Å². The molecule has 19 nitrogen and oxygen atoms in total. The first-order chi connectivity index (χ1) is 30.0. The zero-order valence-corrected chi connectivity index (χ0v) is 32.2. The maximum Gasteiger partial charge on any atom is 0.339 e. The lowest BCUT2D eigenvalue weighted by Crippen LogP contribution is -2.30. The highest BCUT2D eigenvalue weighted by atomic mass is 16.4. The Bertz CT molecular complexity index is 2960. The van der Waals surface area contributed by atoms with Gasteiger partial charge >= 0.3 is 35.8 Å². The van der Waals surface area contributed by atoms with E-state index in [0.29, 0.717) is 0 Å². The number of allylic oxidation sites excluding steroid dienone is 4. The third-order valence-corrected chi connectivity index (χ3v) is 10.2. The fourth-order valence-electron chi connectivity index (χ4n) is 7.12. The minimum Gasteiger partial charge on any atom is -0.507 e. The van der Waals surface area contributed by atoms with E-state index < -0.39 is 144 Å². The maximum absolute atomic E-state index is 12.7. The van der Waals surface area contributed by atoms with Crippen molar-refractivity contribution in [2.45, 2.75) is 12.0 Å². The van der Waals surface area contributed by atoms with Crippen LogP contribution in [0.5, 0.6) is 28.7 Å². The van der Waals surface area contributed by atoms with Gasteiger partial charge in [0.25, 0.3) is 0 Å². The molecule has 0 spiro atoms. The number of carboxylic acids is 6. The molecule has 0 atom stereocenters. The molecule has 0 aliphatic heterocycles. The Morgan fingerprint density at radius 3 is 1.36 bits per heavy atom. The van der Waals surface area contributed by atoms with E-state index in [1.807, 2.05) is 0 Å². The van der Waals surface area contributed by atoms with E-state index in [2.05, 4.69) is 0 Å². The highest BCUT2D eigenvalue weighted by molar-refractivity contribution is 6.23. The quantitative estimate of drug-likeness (QED) is 0.0571. The Labute approximate surface area is 357 Å². The number of benzene rings is 5. The van der Waals surface area contributed by atoms with Gasteiger partial charge in [-0.3, -0.25) is 4.79 Å². The third kappa shape index (κ3) is 8.02. The predicted molar refractivity (Wildman–Crippen MR) is 216 cm³/mol. The second kappa shape index (κ2) is 16.7. The molecule has 0 bridgehead atoms. The number of aromatic hydroxyl groups is 5. The van der Waals surface area contributed by atoms with Crippen LogP contribution < -0.4 is 0 Å². The second-order valence-corrected chi connectivity index (χ2v) is 14.1. The van der Waals surface area contributed by atoms with Crippen molar-refractivity contribution in [3.8, 4) is 28.7 Å². The molecule has 0 aromatic heterocycles. The van der Waals surface area contributed by atoms with Crippen LogP contribution in [0.2, 0.25) is 0 Å². The van der Waals surface area contributed by atoms with E-state index in [1.165, 1.54) is 6.07 Å². The monoisotopic (exact) mass is 874 g/mol. The molecule has 0 unspecified atom stereocenters. The normalized spacial score (nSPS) is 13.2. The molecule has 0 radical (unpaired) electrons. The number of hydrogen-bond donors (Lipinski definition) is 12. The van der Waals surface area contributed by atoms with Gasteiger partial charge in [-0.25, -0.2) is 28.8 Å². The summed E-state index contributed by atoms with van der Waals surface area (Å²) < 4.78 is 0. The summed E-state index contributed by atoms with van der Waals surface area (Å²) in [5.41, 5.74) is -10.4. The molecule has 12 N–H and O–H groups in total. The third-order valence-electron chi connectivity index (χ3n) is 10.2. The van der Waals surface area contributed by atoms with Crippen molar-refractivity contribution in [2.75, 3.05) is 0 Å². The van der Waals surface area contributed by atoms with Crippen molar-refractivity contribution in [3.05, 3.63) is 175 Å². The van der Waals surface area contributed by atoms with Crippen molar-refractivity contribution in [2.24, 2.45) is 0 Å². The van der Waals surface area contributed by atoms with Crippen LogP contribution in [0, 0.1) is 0 Å². The molecule has 1 aliphatic rings. The van der Waals surface area contributed by atoms with Crippen LogP contribution in [-0.2, 0) is 21.6 Å². The Balaban J connectivity index is 1.67. The molecule has 19 heteroatoms. The molecular weight excluding hydrogens is 844 g/mol. The zero-order valence-electron chi connectivity index (χ0n) is 32.2. The summed E-state index contributed by atoms with van der Waals surface area (Å²) in [6.07, 6.45) is 2.10. The molecule has 0 amide bonds. The number of aromatic carboxylic acids is 5. The van der Waals surface area contributed by atoms with Crippen LogP contribution in [0.25, 0.3) is 5.57 Å². The number of aliphatic hydroxyl groups is 1. The van der Waals surface area contributed by atoms with Gasteiger partial charge in [0.15, 0.2) is 5.78 Å². The Morgan fingerprint density at radius 2 is 0.875 bits per heavy atom. The van der Waals surface area contributed by atoms with Crippen LogP contribution >= 0.6 is 0 Å². The summed E-state index contributed by atoms with van der Waals surface area (Å²) in [6.45, 7) is 0. The molecule has 1 aliphatic carbocycles. The highest BCUT2D eigenvalue weighted by Gasteiger charge is 2.38. The van der Waals surface area contributed by atoms with E-state index in [9.17, 15) is 94.8 Å². The first kappa shape index (κ1) is 44.3. The van der Waals surface area contributed by atoms with Gasteiger partial charge in [0.2, 0.25) is 0 Å². The maximum atomic E-state index is 12.7. The van der Waals surface area contributed by atoms with Crippen molar-refractivity contribution in [3.63, 3.8) is 0 Å². The number of aliphatic carboxylic acids is 1. The number of carboxylic acid groups (broad SMARTS) is 6. The van der Waals surface area contributed by atoms with Crippen molar-refractivity contribution < 1.29 is 94.8 Å². The van der Waals surface area contributed by atoms with Gasteiger partial charge in [-0.2, -0.15) is 0 Å². The van der Waals surface area contributed by atoms with Crippen LogP contribution in [0.4, 0.5) is 0 Å². The minimum atomic E-state index is -2.80. The van der Waals surface area contributed by atoms with E-state index in [1.54, 1.807) is 0 Å². The standard InChI is InChI=1S/C45H30O19/c46-32-5-1-18(12-26(32)39(52)53)36(19-2-6-33(47)27(13-19)40(54)55)20-9-21(37(50)30(14-20)43(60)61)10-22-11-25(17-31(38(22)51)44(62)63)45(64,23-3-7-34(48)28(15-23)41(56)57)24-4-8-35(49)29(16-24)42(58)59/h1-9,11-17,46,48-51,64H,10H2,(H,52,53)(H,54,55)(H,56,57)(H,58,59)(H,60,61)(H,62,63). The lowest BCUT2D eigenvalue weighted by Gasteiger charge is -2.32. The smallest absolute Gasteiger partial charge is 0.339 e. The molecule has 0 fully saturated rings. The Kier molecular flexibility index (Phi) is 11.5. The van der Waals surface area contributed by atoms with E-state index >= 15 is 0 Å². The SMILES string of the molecule is O=C(O)C1=CC(=C(c2ccc(O)c(C(=O)O)c2)c2cc(Cc3cc(C(O)(c4ccc(O)c(C(=O)O)c4)c4ccc(O)c(C(=O)O)c4)cc(C(=O)O)c3O)c(O)c(C(=O)O)c2)C=CC1=O. The van der Waals surface area contributed by atoms with Crippen LogP contribution in [0.1, 0.15) is 90.7 Å². The number of ketones is 1. The fraction of sp³-hybridized carbons (Fsp3) is 0.0444. The Hall–Kier alpha value is -9.23. The number of carbonyl (C=O) groups excluding carboxylic acids is 1. The topological polar surface area (TPSA) is 362 Å². The predicted octanol–water partition coefficient (Wildman–Crippen LogP) is 4.53. The summed E-state index contributed by atoms with van der Waals surface area (Å²) in [5.74, 6) is -15.4. The van der Waals surface area contributed by atoms with Crippen LogP contribution in [0.15, 0.2) is 108 Å². The number of phenols is 5. The average Bonchev–Trinajstić information content (AvgIpc) is 3.23.